The Kier molecular flexibility index (Phi) is 1.79. The summed E-state index contributed by atoms with van der Waals surface area (Å²) >= 11 is 0. The second-order valence-corrected chi connectivity index (χ2v) is 3.52. The lowest BCUT2D eigenvalue weighted by molar-refractivity contribution is 0.356. The molecule has 0 spiro atoms. The molecule has 3 heteroatoms. The Morgan fingerprint density at radius 2 is 2.33 bits per heavy atom. The van der Waals surface area contributed by atoms with Crippen molar-refractivity contribution in [2.75, 3.05) is 0 Å². The summed E-state index contributed by atoms with van der Waals surface area (Å²) < 4.78 is 5.14. The molecular formula is C9H13NO2. The van der Waals surface area contributed by atoms with Gasteiger partial charge in [-0.3, -0.25) is 4.79 Å². The number of aromatic amines is 1. The lowest BCUT2D eigenvalue weighted by Crippen LogP contribution is -2.05. The Balaban J connectivity index is 2.47. The fourth-order valence-electron chi connectivity index (χ4n) is 1.85. The maximum Gasteiger partial charge on any atom is 0.283 e. The zero-order valence-corrected chi connectivity index (χ0v) is 7.22. The van der Waals surface area contributed by atoms with E-state index in [0.29, 0.717) is 5.92 Å². The summed E-state index contributed by atoms with van der Waals surface area (Å²) in [5.74, 6) is 1.29. The normalized spacial score (nSPS) is 23.2. The number of H-pyrrole nitrogens is 1. The van der Waals surface area contributed by atoms with Gasteiger partial charge in [0, 0.05) is 5.92 Å². The summed E-state index contributed by atoms with van der Waals surface area (Å²) in [6, 6.07) is 0. The first-order chi connectivity index (χ1) is 5.79. The molecule has 1 heterocycles. The van der Waals surface area contributed by atoms with Gasteiger partial charge in [-0.2, -0.15) is 5.16 Å². The molecule has 1 unspecified atom stereocenters. The first-order valence-electron chi connectivity index (χ1n) is 4.49. The van der Waals surface area contributed by atoms with E-state index in [4.69, 9.17) is 4.52 Å². The molecule has 3 nitrogen and oxygen atoms in total. The monoisotopic (exact) mass is 167 g/mol. The quantitative estimate of drug-likeness (QED) is 0.599. The van der Waals surface area contributed by atoms with Gasteiger partial charge in [-0.15, -0.1) is 0 Å². The summed E-state index contributed by atoms with van der Waals surface area (Å²) in [6.45, 7) is 2.11. The minimum absolute atomic E-state index is 0.0289. The van der Waals surface area contributed by atoms with Crippen molar-refractivity contribution >= 4 is 0 Å². The molecule has 0 saturated heterocycles. The van der Waals surface area contributed by atoms with Crippen LogP contribution in [-0.2, 0) is 6.42 Å². The van der Waals surface area contributed by atoms with Crippen molar-refractivity contribution in [3.8, 4) is 0 Å². The molecule has 1 aromatic heterocycles. The van der Waals surface area contributed by atoms with E-state index in [1.165, 1.54) is 6.42 Å². The highest BCUT2D eigenvalue weighted by Gasteiger charge is 2.21. The SMILES string of the molecule is CC1CCCCc2c1o[nH]c2=O. The Hall–Kier alpha value is -0.990. The van der Waals surface area contributed by atoms with Gasteiger partial charge in [0.2, 0.25) is 0 Å². The molecule has 1 atom stereocenters. The van der Waals surface area contributed by atoms with Gasteiger partial charge in [0.25, 0.3) is 5.56 Å². The molecule has 1 aromatic rings. The average molecular weight is 167 g/mol. The van der Waals surface area contributed by atoms with Gasteiger partial charge in [0.1, 0.15) is 5.76 Å². The minimum atomic E-state index is -0.0289. The molecular weight excluding hydrogens is 154 g/mol. The fourth-order valence-corrected chi connectivity index (χ4v) is 1.85. The molecule has 0 saturated carbocycles. The van der Waals surface area contributed by atoms with E-state index in [9.17, 15) is 4.79 Å². The van der Waals surface area contributed by atoms with Gasteiger partial charge >= 0.3 is 0 Å². The van der Waals surface area contributed by atoms with Gasteiger partial charge < -0.3 is 4.52 Å². The molecule has 12 heavy (non-hydrogen) atoms. The van der Waals surface area contributed by atoms with Crippen LogP contribution >= 0.6 is 0 Å². The molecule has 1 aliphatic carbocycles. The highest BCUT2D eigenvalue weighted by atomic mass is 16.5. The van der Waals surface area contributed by atoms with Crippen molar-refractivity contribution in [3.63, 3.8) is 0 Å². The van der Waals surface area contributed by atoms with Crippen molar-refractivity contribution in [2.24, 2.45) is 0 Å². The lowest BCUT2D eigenvalue weighted by Gasteiger charge is -2.02. The summed E-state index contributed by atoms with van der Waals surface area (Å²) in [5, 5.41) is 2.41. The Morgan fingerprint density at radius 3 is 3.17 bits per heavy atom. The summed E-state index contributed by atoms with van der Waals surface area (Å²) in [4.78, 5) is 11.2. The molecule has 0 radical (unpaired) electrons. The molecule has 0 fully saturated rings. The average Bonchev–Trinajstić information content (AvgIpc) is 2.30. The second kappa shape index (κ2) is 2.81. The van der Waals surface area contributed by atoms with E-state index in [0.717, 1.165) is 30.6 Å². The topological polar surface area (TPSA) is 46.0 Å². The molecule has 1 N–H and O–H groups in total. The van der Waals surface area contributed by atoms with Crippen molar-refractivity contribution in [3.05, 3.63) is 21.7 Å². The summed E-state index contributed by atoms with van der Waals surface area (Å²) in [5.41, 5.74) is 0.846. The summed E-state index contributed by atoms with van der Waals surface area (Å²) in [7, 11) is 0. The fraction of sp³-hybridized carbons (Fsp3) is 0.667. The van der Waals surface area contributed by atoms with Crippen LogP contribution in [0.3, 0.4) is 0 Å². The van der Waals surface area contributed by atoms with E-state index in [1.807, 2.05) is 0 Å². The van der Waals surface area contributed by atoms with Crippen molar-refractivity contribution in [2.45, 2.75) is 38.5 Å². The van der Waals surface area contributed by atoms with Crippen molar-refractivity contribution < 1.29 is 4.52 Å². The van der Waals surface area contributed by atoms with Crippen LogP contribution in [0, 0.1) is 0 Å². The number of rotatable bonds is 0. The molecule has 66 valence electrons. The predicted octanol–water partition coefficient (Wildman–Crippen LogP) is 1.80. The first kappa shape index (κ1) is 7.65. The third-order valence-corrected chi connectivity index (χ3v) is 2.59. The molecule has 2 rings (SSSR count). The number of aromatic nitrogens is 1. The van der Waals surface area contributed by atoms with Crippen molar-refractivity contribution in [1.29, 1.82) is 0 Å². The van der Waals surface area contributed by atoms with E-state index < -0.39 is 0 Å². The maximum atomic E-state index is 11.2. The highest BCUT2D eigenvalue weighted by molar-refractivity contribution is 5.18. The van der Waals surface area contributed by atoms with Gasteiger partial charge in [-0.05, 0) is 19.3 Å². The van der Waals surface area contributed by atoms with Gasteiger partial charge in [0.15, 0.2) is 0 Å². The van der Waals surface area contributed by atoms with Crippen molar-refractivity contribution in [1.82, 2.24) is 5.16 Å². The van der Waals surface area contributed by atoms with Crippen LogP contribution in [0.4, 0.5) is 0 Å². The largest absolute Gasteiger partial charge is 0.383 e. The minimum Gasteiger partial charge on any atom is -0.383 e. The Bertz CT molecular complexity index is 324. The third kappa shape index (κ3) is 1.09. The molecule has 0 bridgehead atoms. The van der Waals surface area contributed by atoms with Crippen LogP contribution in [0.25, 0.3) is 0 Å². The standard InChI is InChI=1S/C9H13NO2/c1-6-4-2-3-5-7-8(6)12-10-9(7)11/h6H,2-5H2,1H3,(H,10,11). The van der Waals surface area contributed by atoms with Crippen LogP contribution in [0.2, 0.25) is 0 Å². The molecule has 0 aliphatic heterocycles. The Morgan fingerprint density at radius 1 is 1.50 bits per heavy atom. The smallest absolute Gasteiger partial charge is 0.283 e. The van der Waals surface area contributed by atoms with E-state index in [-0.39, 0.29) is 5.56 Å². The molecule has 0 aromatic carbocycles. The van der Waals surface area contributed by atoms with E-state index >= 15 is 0 Å². The molecule has 1 aliphatic rings. The van der Waals surface area contributed by atoms with E-state index in [1.54, 1.807) is 0 Å². The number of hydrogen-bond acceptors (Lipinski definition) is 2. The number of hydrogen-bond donors (Lipinski definition) is 1. The first-order valence-corrected chi connectivity index (χ1v) is 4.49. The van der Waals surface area contributed by atoms with Crippen LogP contribution < -0.4 is 5.56 Å². The lowest BCUT2D eigenvalue weighted by atomic mass is 10.0. The maximum absolute atomic E-state index is 11.2. The van der Waals surface area contributed by atoms with Crippen LogP contribution in [-0.4, -0.2) is 5.16 Å². The number of fused-ring (bicyclic) bond motifs is 1. The zero-order valence-electron chi connectivity index (χ0n) is 7.22. The van der Waals surface area contributed by atoms with Crippen LogP contribution in [0.5, 0.6) is 0 Å². The Labute approximate surface area is 70.7 Å². The zero-order chi connectivity index (χ0) is 8.55. The van der Waals surface area contributed by atoms with Crippen LogP contribution in [0.15, 0.2) is 9.32 Å². The second-order valence-electron chi connectivity index (χ2n) is 3.52. The predicted molar refractivity (Wildman–Crippen MR) is 45.3 cm³/mol. The van der Waals surface area contributed by atoms with Crippen LogP contribution in [0.1, 0.15) is 43.4 Å². The summed E-state index contributed by atoms with van der Waals surface area (Å²) in [6.07, 6.45) is 4.32. The van der Waals surface area contributed by atoms with Gasteiger partial charge in [0.05, 0.1) is 5.56 Å². The highest BCUT2D eigenvalue weighted by Crippen LogP contribution is 2.27. The van der Waals surface area contributed by atoms with Gasteiger partial charge in [-0.1, -0.05) is 13.3 Å². The third-order valence-electron chi connectivity index (χ3n) is 2.59. The molecule has 0 amide bonds. The van der Waals surface area contributed by atoms with E-state index in [2.05, 4.69) is 12.1 Å². The number of nitrogens with one attached hydrogen (secondary N) is 1. The van der Waals surface area contributed by atoms with Gasteiger partial charge in [-0.25, -0.2) is 0 Å².